The number of anilines is 1. The van der Waals surface area contributed by atoms with Crippen molar-refractivity contribution in [3.05, 3.63) is 24.3 Å². The van der Waals surface area contributed by atoms with Crippen molar-refractivity contribution >= 4 is 22.9 Å². The zero-order valence-corrected chi connectivity index (χ0v) is 15.9. The van der Waals surface area contributed by atoms with E-state index in [1.165, 1.54) is 0 Å². The summed E-state index contributed by atoms with van der Waals surface area (Å²) in [6, 6.07) is 8.20. The van der Waals surface area contributed by atoms with Gasteiger partial charge in [-0.25, -0.2) is 4.98 Å². The molecule has 0 saturated heterocycles. The third-order valence-electron chi connectivity index (χ3n) is 5.51. The smallest absolute Gasteiger partial charge is 0.229 e. The predicted octanol–water partition coefficient (Wildman–Crippen LogP) is 2.83. The number of benzene rings is 1. The van der Waals surface area contributed by atoms with Crippen LogP contribution in [0.3, 0.4) is 0 Å². The van der Waals surface area contributed by atoms with Crippen LogP contribution in [0.15, 0.2) is 24.3 Å². The summed E-state index contributed by atoms with van der Waals surface area (Å²) in [7, 11) is 0. The molecule has 2 unspecified atom stereocenters. The fourth-order valence-electron chi connectivity index (χ4n) is 3.86. The number of nitrogens with zero attached hydrogens (tertiary/aromatic N) is 3. The third kappa shape index (κ3) is 4.24. The van der Waals surface area contributed by atoms with E-state index in [2.05, 4.69) is 39.7 Å². The Hall–Kier alpha value is -1.92. The first-order chi connectivity index (χ1) is 12.6. The van der Waals surface area contributed by atoms with Gasteiger partial charge in [0.2, 0.25) is 11.9 Å². The van der Waals surface area contributed by atoms with E-state index < -0.39 is 0 Å². The highest BCUT2D eigenvalue weighted by molar-refractivity contribution is 5.93. The van der Waals surface area contributed by atoms with Gasteiger partial charge in [-0.15, -0.1) is 0 Å². The third-order valence-corrected chi connectivity index (χ3v) is 5.51. The van der Waals surface area contributed by atoms with E-state index in [-0.39, 0.29) is 17.9 Å². The molecule has 0 bridgehead atoms. The highest BCUT2D eigenvalue weighted by Crippen LogP contribution is 2.25. The van der Waals surface area contributed by atoms with Crippen LogP contribution in [0.2, 0.25) is 0 Å². The number of carbonyl (C=O) groups is 1. The number of nitrogens with two attached hydrogens (primary N) is 1. The number of aromatic nitrogens is 2. The molecule has 6 nitrogen and oxygen atoms in total. The van der Waals surface area contributed by atoms with E-state index in [1.54, 1.807) is 0 Å². The van der Waals surface area contributed by atoms with Crippen molar-refractivity contribution in [3.8, 4) is 0 Å². The molecule has 6 heteroatoms. The second-order valence-electron chi connectivity index (χ2n) is 7.22. The largest absolute Gasteiger partial charge is 0.328 e. The van der Waals surface area contributed by atoms with Crippen molar-refractivity contribution in [1.82, 2.24) is 14.5 Å². The van der Waals surface area contributed by atoms with Crippen LogP contribution in [0.5, 0.6) is 0 Å². The molecular formula is C20H31N5O. The van der Waals surface area contributed by atoms with Gasteiger partial charge in [0.25, 0.3) is 0 Å². The molecule has 142 valence electrons. The summed E-state index contributed by atoms with van der Waals surface area (Å²) < 4.78 is 2.13. The van der Waals surface area contributed by atoms with E-state index in [4.69, 9.17) is 5.73 Å². The molecule has 1 amide bonds. The van der Waals surface area contributed by atoms with Gasteiger partial charge < -0.3 is 15.2 Å². The SMILES string of the molecule is CCN(CC)CCn1c(NC(=O)C2CCCC(N)C2)nc2ccccc21. The number of imidazole rings is 1. The van der Waals surface area contributed by atoms with Crippen molar-refractivity contribution in [3.63, 3.8) is 0 Å². The van der Waals surface area contributed by atoms with Crippen LogP contribution in [0, 0.1) is 5.92 Å². The molecule has 1 aliphatic carbocycles. The molecule has 2 aromatic rings. The van der Waals surface area contributed by atoms with Crippen LogP contribution >= 0.6 is 0 Å². The normalized spacial score (nSPS) is 20.6. The summed E-state index contributed by atoms with van der Waals surface area (Å²) in [4.78, 5) is 19.8. The number of likely N-dealkylation sites (N-methyl/N-ethyl adjacent to an activating group) is 1. The fourth-order valence-corrected chi connectivity index (χ4v) is 3.86. The number of fused-ring (bicyclic) bond motifs is 1. The molecule has 26 heavy (non-hydrogen) atoms. The van der Waals surface area contributed by atoms with Crippen LogP contribution in [0.1, 0.15) is 39.5 Å². The molecule has 3 N–H and O–H groups in total. The lowest BCUT2D eigenvalue weighted by molar-refractivity contribution is -0.121. The maximum absolute atomic E-state index is 12.8. The number of para-hydroxylation sites is 2. The number of hydrogen-bond donors (Lipinski definition) is 2. The number of hydrogen-bond acceptors (Lipinski definition) is 4. The van der Waals surface area contributed by atoms with Gasteiger partial charge >= 0.3 is 0 Å². The number of nitrogens with one attached hydrogen (secondary N) is 1. The molecule has 1 aromatic heterocycles. The Morgan fingerprint density at radius 3 is 2.81 bits per heavy atom. The molecule has 1 heterocycles. The Balaban J connectivity index is 1.80. The average Bonchev–Trinajstić information content (AvgIpc) is 3.00. The first-order valence-corrected chi connectivity index (χ1v) is 9.86. The average molecular weight is 358 g/mol. The van der Waals surface area contributed by atoms with Crippen molar-refractivity contribution in [2.24, 2.45) is 11.7 Å². The van der Waals surface area contributed by atoms with Crippen LogP contribution < -0.4 is 11.1 Å². The Bertz CT molecular complexity index is 737. The second-order valence-corrected chi connectivity index (χ2v) is 7.22. The molecule has 3 rings (SSSR count). The highest BCUT2D eigenvalue weighted by Gasteiger charge is 2.26. The minimum absolute atomic E-state index is 0.00482. The Labute approximate surface area is 155 Å². The first kappa shape index (κ1) is 18.9. The number of amides is 1. The summed E-state index contributed by atoms with van der Waals surface area (Å²) in [5, 5.41) is 3.09. The van der Waals surface area contributed by atoms with Gasteiger partial charge in [0.15, 0.2) is 0 Å². The monoisotopic (exact) mass is 357 g/mol. The van der Waals surface area contributed by atoms with Crippen LogP contribution in [0.25, 0.3) is 11.0 Å². The minimum Gasteiger partial charge on any atom is -0.328 e. The van der Waals surface area contributed by atoms with Crippen LogP contribution in [-0.2, 0) is 11.3 Å². The molecule has 0 aliphatic heterocycles. The molecule has 2 atom stereocenters. The zero-order valence-electron chi connectivity index (χ0n) is 15.9. The predicted molar refractivity (Wildman–Crippen MR) is 106 cm³/mol. The summed E-state index contributed by atoms with van der Waals surface area (Å²) in [6.07, 6.45) is 3.73. The summed E-state index contributed by atoms with van der Waals surface area (Å²) >= 11 is 0. The zero-order chi connectivity index (χ0) is 18.5. The standard InChI is InChI=1S/C20H31N5O/c1-3-24(4-2)12-13-25-18-11-6-5-10-17(18)22-20(25)23-19(26)15-8-7-9-16(21)14-15/h5-6,10-11,15-16H,3-4,7-9,12-14,21H2,1-2H3,(H,22,23,26). The first-order valence-electron chi connectivity index (χ1n) is 9.86. The molecular weight excluding hydrogens is 326 g/mol. The maximum Gasteiger partial charge on any atom is 0.229 e. The topological polar surface area (TPSA) is 76.2 Å². The van der Waals surface area contributed by atoms with Crippen molar-refractivity contribution in [2.45, 2.75) is 52.1 Å². The van der Waals surface area contributed by atoms with Gasteiger partial charge in [0.1, 0.15) is 0 Å². The molecule has 0 radical (unpaired) electrons. The summed E-state index contributed by atoms with van der Waals surface area (Å²) in [5.74, 6) is 0.705. The Morgan fingerprint density at radius 1 is 1.31 bits per heavy atom. The van der Waals surface area contributed by atoms with E-state index in [0.717, 1.165) is 62.9 Å². The highest BCUT2D eigenvalue weighted by atomic mass is 16.2. The quantitative estimate of drug-likeness (QED) is 0.799. The van der Waals surface area contributed by atoms with Gasteiger partial charge in [-0.1, -0.05) is 32.4 Å². The van der Waals surface area contributed by atoms with Gasteiger partial charge in [-0.05, 0) is 44.5 Å². The van der Waals surface area contributed by atoms with Crippen molar-refractivity contribution in [1.29, 1.82) is 0 Å². The Morgan fingerprint density at radius 2 is 2.08 bits per heavy atom. The van der Waals surface area contributed by atoms with Crippen molar-refractivity contribution in [2.75, 3.05) is 25.0 Å². The van der Waals surface area contributed by atoms with Crippen LogP contribution in [-0.4, -0.2) is 46.0 Å². The van der Waals surface area contributed by atoms with Crippen molar-refractivity contribution < 1.29 is 4.79 Å². The maximum atomic E-state index is 12.8. The van der Waals surface area contributed by atoms with E-state index in [1.807, 2.05) is 18.2 Å². The van der Waals surface area contributed by atoms with Gasteiger partial charge in [0, 0.05) is 25.0 Å². The molecule has 1 fully saturated rings. The summed E-state index contributed by atoms with van der Waals surface area (Å²) in [5.41, 5.74) is 8.04. The molecule has 1 saturated carbocycles. The van der Waals surface area contributed by atoms with Gasteiger partial charge in [-0.2, -0.15) is 0 Å². The minimum atomic E-state index is -0.00482. The van der Waals surface area contributed by atoms with E-state index in [9.17, 15) is 4.79 Å². The van der Waals surface area contributed by atoms with Crippen LogP contribution in [0.4, 0.5) is 5.95 Å². The van der Waals surface area contributed by atoms with E-state index >= 15 is 0 Å². The number of rotatable bonds is 7. The molecule has 1 aliphatic rings. The molecule has 0 spiro atoms. The molecule has 1 aromatic carbocycles. The Kier molecular flexibility index (Phi) is 6.27. The summed E-state index contributed by atoms with van der Waals surface area (Å²) in [6.45, 7) is 8.12. The lowest BCUT2D eigenvalue weighted by atomic mass is 9.85. The lowest BCUT2D eigenvalue weighted by Crippen LogP contribution is -2.35. The van der Waals surface area contributed by atoms with E-state index in [0.29, 0.717) is 5.95 Å². The number of carbonyl (C=O) groups excluding carboxylic acids is 1. The van der Waals surface area contributed by atoms with Gasteiger partial charge in [-0.3, -0.25) is 10.1 Å². The lowest BCUT2D eigenvalue weighted by Gasteiger charge is -2.25. The van der Waals surface area contributed by atoms with Gasteiger partial charge in [0.05, 0.1) is 11.0 Å². The fraction of sp³-hybridized carbons (Fsp3) is 0.600. The second kappa shape index (κ2) is 8.64.